The fourth-order valence-electron chi connectivity index (χ4n) is 4.74. The third-order valence-corrected chi connectivity index (χ3v) is 8.06. The lowest BCUT2D eigenvalue weighted by Gasteiger charge is -2.38. The molecular formula is C26H24IN3O4. The molecule has 1 aliphatic heterocycles. The third-order valence-electron chi connectivity index (χ3n) is 6.90. The Morgan fingerprint density at radius 3 is 2.62 bits per heavy atom. The van der Waals surface area contributed by atoms with Crippen molar-refractivity contribution in [2.24, 2.45) is 5.92 Å². The number of carbonyl (C=O) groups is 3. The van der Waals surface area contributed by atoms with Crippen LogP contribution in [0.25, 0.3) is 0 Å². The topological polar surface area (TPSA) is 90.8 Å². The van der Waals surface area contributed by atoms with Crippen LogP contribution in [0, 0.1) is 28.3 Å². The van der Waals surface area contributed by atoms with Gasteiger partial charge in [-0.1, -0.05) is 12.0 Å². The number of carbonyl (C=O) groups excluding carboxylic acids is 2. The Kier molecular flexibility index (Phi) is 5.84. The minimum absolute atomic E-state index is 0.0877. The van der Waals surface area contributed by atoms with E-state index in [4.69, 9.17) is 0 Å². The van der Waals surface area contributed by atoms with E-state index in [2.05, 4.69) is 45.5 Å². The number of hydrogen-bond acceptors (Lipinski definition) is 4. The van der Waals surface area contributed by atoms with E-state index in [0.29, 0.717) is 36.8 Å². The van der Waals surface area contributed by atoms with E-state index in [1.807, 2.05) is 19.1 Å². The molecule has 1 aromatic carbocycles. The summed E-state index contributed by atoms with van der Waals surface area (Å²) >= 11 is 2.32. The van der Waals surface area contributed by atoms with Gasteiger partial charge in [-0.05, 0) is 103 Å². The first-order valence-electron chi connectivity index (χ1n) is 11.4. The van der Waals surface area contributed by atoms with Crippen molar-refractivity contribution >= 4 is 51.9 Å². The highest BCUT2D eigenvalue weighted by atomic mass is 127. The van der Waals surface area contributed by atoms with Gasteiger partial charge in [0.25, 0.3) is 5.91 Å². The van der Waals surface area contributed by atoms with E-state index in [9.17, 15) is 19.5 Å². The van der Waals surface area contributed by atoms with Gasteiger partial charge in [0.2, 0.25) is 0 Å². The molecule has 34 heavy (non-hydrogen) atoms. The minimum Gasteiger partial charge on any atom is -0.481 e. The van der Waals surface area contributed by atoms with Gasteiger partial charge in [-0.3, -0.25) is 19.3 Å². The predicted octanol–water partition coefficient (Wildman–Crippen LogP) is 4.38. The molecule has 3 aliphatic rings. The molecule has 2 saturated carbocycles. The number of carboxylic acids is 1. The van der Waals surface area contributed by atoms with Gasteiger partial charge in [-0.15, -0.1) is 0 Å². The molecule has 0 saturated heterocycles. The third kappa shape index (κ3) is 3.96. The number of aromatic nitrogens is 1. The molecule has 5 rings (SSSR count). The van der Waals surface area contributed by atoms with Crippen LogP contribution in [0.3, 0.4) is 0 Å². The van der Waals surface area contributed by atoms with Crippen molar-refractivity contribution in [1.29, 1.82) is 0 Å². The summed E-state index contributed by atoms with van der Waals surface area (Å²) in [7, 11) is 0. The van der Waals surface area contributed by atoms with Crippen molar-refractivity contribution in [3.8, 4) is 11.8 Å². The van der Waals surface area contributed by atoms with Crippen molar-refractivity contribution in [3.63, 3.8) is 0 Å². The summed E-state index contributed by atoms with van der Waals surface area (Å²) in [4.78, 5) is 45.5. The maximum atomic E-state index is 13.2. The maximum Gasteiger partial charge on any atom is 0.308 e. The SMILES string of the molecule is CC#CC(=O)N(c1ccc2c(n1)C(=O)N(C1CC(C(=O)O)C1)C2)c1cc(C)c(I)cc1C1CC1. The number of benzene rings is 1. The molecule has 1 aromatic heterocycles. The van der Waals surface area contributed by atoms with Gasteiger partial charge < -0.3 is 10.0 Å². The van der Waals surface area contributed by atoms with E-state index in [1.165, 1.54) is 4.90 Å². The fraction of sp³-hybridized carbons (Fsp3) is 0.385. The van der Waals surface area contributed by atoms with Crippen molar-refractivity contribution in [3.05, 3.63) is 50.2 Å². The van der Waals surface area contributed by atoms with E-state index >= 15 is 0 Å². The van der Waals surface area contributed by atoms with Crippen molar-refractivity contribution in [2.45, 2.75) is 58.0 Å². The number of fused-ring (bicyclic) bond motifs is 1. The van der Waals surface area contributed by atoms with Crippen LogP contribution in [0.2, 0.25) is 0 Å². The molecule has 2 aliphatic carbocycles. The average molecular weight is 569 g/mol. The number of carboxylic acid groups (broad SMARTS) is 1. The summed E-state index contributed by atoms with van der Waals surface area (Å²) in [6, 6.07) is 7.68. The number of amides is 2. The molecule has 0 radical (unpaired) electrons. The van der Waals surface area contributed by atoms with Gasteiger partial charge in [-0.25, -0.2) is 4.98 Å². The van der Waals surface area contributed by atoms with Crippen LogP contribution in [0.15, 0.2) is 24.3 Å². The summed E-state index contributed by atoms with van der Waals surface area (Å²) in [6.07, 6.45) is 3.09. The van der Waals surface area contributed by atoms with Crippen LogP contribution >= 0.6 is 22.6 Å². The van der Waals surface area contributed by atoms with E-state index in [1.54, 1.807) is 17.9 Å². The van der Waals surface area contributed by atoms with Crippen molar-refractivity contribution in [1.82, 2.24) is 9.88 Å². The molecule has 0 atom stereocenters. The maximum absolute atomic E-state index is 13.2. The number of anilines is 2. The fourth-order valence-corrected chi connectivity index (χ4v) is 5.23. The number of hydrogen-bond donors (Lipinski definition) is 1. The number of nitrogens with zero attached hydrogens (tertiary/aromatic N) is 3. The number of aliphatic carboxylic acids is 1. The molecule has 174 valence electrons. The standard InChI is InChI=1S/C26H24IN3O4/c1-3-4-23(31)30(21-9-14(2)20(27)12-19(21)15-5-6-15)22-8-7-16-13-29(25(32)24(16)28-22)18-10-17(11-18)26(33)34/h7-9,12,15,17-18H,5-6,10-11,13H2,1-2H3,(H,33,34). The van der Waals surface area contributed by atoms with Crippen LogP contribution in [0.4, 0.5) is 11.5 Å². The van der Waals surface area contributed by atoms with Gasteiger partial charge in [0.15, 0.2) is 0 Å². The van der Waals surface area contributed by atoms with Gasteiger partial charge in [-0.2, -0.15) is 0 Å². The van der Waals surface area contributed by atoms with Crippen LogP contribution in [0.5, 0.6) is 0 Å². The van der Waals surface area contributed by atoms with Crippen LogP contribution in [0.1, 0.15) is 65.7 Å². The molecule has 0 spiro atoms. The Morgan fingerprint density at radius 1 is 1.24 bits per heavy atom. The van der Waals surface area contributed by atoms with Gasteiger partial charge in [0, 0.05) is 21.7 Å². The molecular weight excluding hydrogens is 545 g/mol. The average Bonchev–Trinajstić information content (AvgIpc) is 3.55. The van der Waals surface area contributed by atoms with Crippen LogP contribution in [-0.4, -0.2) is 38.8 Å². The number of pyridine rings is 1. The molecule has 8 heteroatoms. The van der Waals surface area contributed by atoms with E-state index in [-0.39, 0.29) is 17.9 Å². The summed E-state index contributed by atoms with van der Waals surface area (Å²) in [6.45, 7) is 4.05. The van der Waals surface area contributed by atoms with Crippen LogP contribution in [-0.2, 0) is 16.1 Å². The van der Waals surface area contributed by atoms with E-state index in [0.717, 1.165) is 38.8 Å². The Bertz CT molecular complexity index is 1280. The van der Waals surface area contributed by atoms with Gasteiger partial charge in [0.1, 0.15) is 11.5 Å². The summed E-state index contributed by atoms with van der Waals surface area (Å²) in [5.74, 6) is 4.32. The van der Waals surface area contributed by atoms with Crippen molar-refractivity contribution in [2.75, 3.05) is 4.90 Å². The highest BCUT2D eigenvalue weighted by molar-refractivity contribution is 14.1. The first-order chi connectivity index (χ1) is 16.3. The number of rotatable bonds is 5. The summed E-state index contributed by atoms with van der Waals surface area (Å²) < 4.78 is 1.14. The molecule has 2 aromatic rings. The highest BCUT2D eigenvalue weighted by Gasteiger charge is 2.43. The molecule has 2 fully saturated rings. The van der Waals surface area contributed by atoms with Crippen LogP contribution < -0.4 is 4.90 Å². The van der Waals surface area contributed by atoms with Gasteiger partial charge >= 0.3 is 11.9 Å². The van der Waals surface area contributed by atoms with Crippen molar-refractivity contribution < 1.29 is 19.5 Å². The predicted molar refractivity (Wildman–Crippen MR) is 135 cm³/mol. The Morgan fingerprint density at radius 2 is 1.97 bits per heavy atom. The first-order valence-corrected chi connectivity index (χ1v) is 12.5. The normalized spacial score (nSPS) is 20.8. The number of aryl methyl sites for hydroxylation is 1. The quantitative estimate of drug-likeness (QED) is 0.427. The second-order valence-corrected chi connectivity index (χ2v) is 10.4. The Labute approximate surface area is 211 Å². The molecule has 2 heterocycles. The lowest BCUT2D eigenvalue weighted by molar-refractivity contribution is -0.146. The monoisotopic (exact) mass is 569 g/mol. The highest BCUT2D eigenvalue weighted by Crippen LogP contribution is 2.47. The largest absolute Gasteiger partial charge is 0.481 e. The second-order valence-electron chi connectivity index (χ2n) is 9.22. The minimum atomic E-state index is -0.814. The lowest BCUT2D eigenvalue weighted by Crippen LogP contribution is -2.47. The zero-order chi connectivity index (χ0) is 24.1. The molecule has 0 unspecified atom stereocenters. The molecule has 2 amide bonds. The first kappa shape index (κ1) is 22.8. The molecule has 7 nitrogen and oxygen atoms in total. The lowest BCUT2D eigenvalue weighted by atomic mass is 9.79. The zero-order valence-corrected chi connectivity index (χ0v) is 21.1. The van der Waals surface area contributed by atoms with E-state index < -0.39 is 11.9 Å². The molecule has 0 bridgehead atoms. The smallest absolute Gasteiger partial charge is 0.308 e. The van der Waals surface area contributed by atoms with Gasteiger partial charge in [0.05, 0.1) is 11.6 Å². The summed E-state index contributed by atoms with van der Waals surface area (Å²) in [5.41, 5.74) is 4.05. The molecule has 1 N–H and O–H groups in total. The Balaban J connectivity index is 1.52. The number of halogens is 1. The zero-order valence-electron chi connectivity index (χ0n) is 19.0. The second kappa shape index (κ2) is 8.69. The Hall–Kier alpha value is -2.93. The summed E-state index contributed by atoms with van der Waals surface area (Å²) in [5, 5.41) is 9.17.